The summed E-state index contributed by atoms with van der Waals surface area (Å²) in [5, 5.41) is 14.0. The van der Waals surface area contributed by atoms with E-state index < -0.39 is 17.9 Å². The third-order valence-corrected chi connectivity index (χ3v) is 7.01. The molecule has 1 atom stereocenters. The Labute approximate surface area is 250 Å². The SMILES string of the molecule is CC(C)C[C@H]1NC(=O)CN(C(=O)c2cn(-c3ccccc3)nn2)CCCOc2cccc(c2)-c2nccn2CCNC1=O. The minimum Gasteiger partial charge on any atom is -0.494 e. The van der Waals surface area contributed by atoms with Crippen LogP contribution in [-0.2, 0) is 16.1 Å². The molecule has 3 amide bonds. The second-order valence-electron chi connectivity index (χ2n) is 10.8. The topological polar surface area (TPSA) is 136 Å². The maximum atomic E-state index is 13.6. The molecule has 43 heavy (non-hydrogen) atoms. The van der Waals surface area contributed by atoms with E-state index in [2.05, 4.69) is 25.9 Å². The number of hydrogen-bond acceptors (Lipinski definition) is 7. The van der Waals surface area contributed by atoms with Crippen molar-refractivity contribution in [3.8, 4) is 22.8 Å². The molecule has 4 aromatic rings. The highest BCUT2D eigenvalue weighted by Gasteiger charge is 2.26. The Morgan fingerprint density at radius 2 is 1.93 bits per heavy atom. The molecule has 12 nitrogen and oxygen atoms in total. The summed E-state index contributed by atoms with van der Waals surface area (Å²) in [5.41, 5.74) is 1.75. The zero-order chi connectivity index (χ0) is 30.2. The monoisotopic (exact) mass is 584 g/mol. The summed E-state index contributed by atoms with van der Waals surface area (Å²) in [7, 11) is 0. The van der Waals surface area contributed by atoms with Gasteiger partial charge in [-0.15, -0.1) is 5.10 Å². The number of carbonyl (C=O) groups is 3. The lowest BCUT2D eigenvalue weighted by Gasteiger charge is -2.24. The first-order valence-corrected chi connectivity index (χ1v) is 14.5. The molecule has 224 valence electrons. The predicted octanol–water partition coefficient (Wildman–Crippen LogP) is 2.70. The van der Waals surface area contributed by atoms with Crippen molar-refractivity contribution >= 4 is 17.7 Å². The first-order chi connectivity index (χ1) is 20.9. The van der Waals surface area contributed by atoms with E-state index >= 15 is 0 Å². The zero-order valence-corrected chi connectivity index (χ0v) is 24.3. The molecule has 2 aromatic heterocycles. The van der Waals surface area contributed by atoms with Crippen LogP contribution in [0.4, 0.5) is 0 Å². The number of fused-ring (bicyclic) bond motifs is 4. The summed E-state index contributed by atoms with van der Waals surface area (Å²) in [4.78, 5) is 45.9. The van der Waals surface area contributed by atoms with Crippen LogP contribution in [0.1, 0.15) is 37.2 Å². The average molecular weight is 585 g/mol. The van der Waals surface area contributed by atoms with Crippen LogP contribution in [0.2, 0.25) is 0 Å². The van der Waals surface area contributed by atoms with E-state index in [0.29, 0.717) is 38.3 Å². The molecule has 0 fully saturated rings. The number of nitrogens with one attached hydrogen (secondary N) is 2. The molecule has 0 spiro atoms. The van der Waals surface area contributed by atoms with E-state index in [0.717, 1.165) is 17.1 Å². The van der Waals surface area contributed by atoms with Crippen molar-refractivity contribution in [1.29, 1.82) is 0 Å². The van der Waals surface area contributed by atoms with Crippen LogP contribution in [0.5, 0.6) is 5.75 Å². The quantitative estimate of drug-likeness (QED) is 0.376. The molecule has 0 saturated heterocycles. The molecule has 2 aromatic carbocycles. The van der Waals surface area contributed by atoms with Crippen LogP contribution in [0.15, 0.2) is 73.2 Å². The highest BCUT2D eigenvalue weighted by molar-refractivity contribution is 5.95. The normalized spacial score (nSPS) is 16.8. The van der Waals surface area contributed by atoms with Gasteiger partial charge >= 0.3 is 0 Å². The van der Waals surface area contributed by atoms with Crippen molar-refractivity contribution < 1.29 is 19.1 Å². The Bertz CT molecular complexity index is 1550. The van der Waals surface area contributed by atoms with E-state index in [1.54, 1.807) is 12.4 Å². The first-order valence-electron chi connectivity index (χ1n) is 14.5. The standard InChI is InChI=1S/C31H36N8O4/c1-22(2)18-26-30(41)33-13-16-37-15-12-32-29(37)23-8-6-11-25(19-23)43-17-7-14-38(21-28(40)34-26)31(42)27-20-39(36-35-27)24-9-4-3-5-10-24/h3-6,8-12,15,19-20,22,26H,7,13-14,16-18,21H2,1-2H3,(H,33,41)(H,34,40)/t26-/m1/s1. The van der Waals surface area contributed by atoms with Crippen molar-refractivity contribution in [2.24, 2.45) is 5.92 Å². The minimum absolute atomic E-state index is 0.111. The number of rotatable bonds is 4. The Morgan fingerprint density at radius 3 is 2.74 bits per heavy atom. The number of amides is 3. The molecule has 12 heteroatoms. The smallest absolute Gasteiger partial charge is 0.276 e. The van der Waals surface area contributed by atoms with Gasteiger partial charge in [0.1, 0.15) is 17.6 Å². The van der Waals surface area contributed by atoms with Gasteiger partial charge in [0.05, 0.1) is 25.0 Å². The molecule has 0 saturated carbocycles. The summed E-state index contributed by atoms with van der Waals surface area (Å²) >= 11 is 0. The Morgan fingerprint density at radius 1 is 1.09 bits per heavy atom. The van der Waals surface area contributed by atoms with Crippen molar-refractivity contribution in [1.82, 2.24) is 40.1 Å². The summed E-state index contributed by atoms with van der Waals surface area (Å²) in [6.07, 6.45) is 6.04. The number of hydrogen-bond donors (Lipinski definition) is 2. The largest absolute Gasteiger partial charge is 0.494 e. The molecule has 0 aliphatic carbocycles. The van der Waals surface area contributed by atoms with Gasteiger partial charge in [-0.3, -0.25) is 14.4 Å². The highest BCUT2D eigenvalue weighted by atomic mass is 16.5. The molecular weight excluding hydrogens is 548 g/mol. The van der Waals surface area contributed by atoms with Gasteiger partial charge in [0.2, 0.25) is 11.8 Å². The van der Waals surface area contributed by atoms with Gasteiger partial charge < -0.3 is 24.8 Å². The van der Waals surface area contributed by atoms with Crippen LogP contribution in [0, 0.1) is 5.92 Å². The fraction of sp³-hybridized carbons (Fsp3) is 0.355. The number of carbonyl (C=O) groups excluding carboxylic acids is 3. The molecule has 0 radical (unpaired) electrons. The van der Waals surface area contributed by atoms with Crippen LogP contribution < -0.4 is 15.4 Å². The lowest BCUT2D eigenvalue weighted by molar-refractivity contribution is -0.129. The maximum Gasteiger partial charge on any atom is 0.276 e. The van der Waals surface area contributed by atoms with Crippen LogP contribution in [-0.4, -0.2) is 79.4 Å². The average Bonchev–Trinajstić information content (AvgIpc) is 3.68. The van der Waals surface area contributed by atoms with Crippen molar-refractivity contribution in [3.63, 3.8) is 0 Å². The van der Waals surface area contributed by atoms with Gasteiger partial charge in [-0.05, 0) is 43.0 Å². The minimum atomic E-state index is -0.746. The Hall–Kier alpha value is -5.00. The summed E-state index contributed by atoms with van der Waals surface area (Å²) in [6.45, 7) is 5.14. The summed E-state index contributed by atoms with van der Waals surface area (Å²) in [6, 6.07) is 16.2. The van der Waals surface area contributed by atoms with Gasteiger partial charge in [0, 0.05) is 37.6 Å². The summed E-state index contributed by atoms with van der Waals surface area (Å²) < 4.78 is 9.50. The molecular formula is C31H36N8O4. The number of nitrogens with zero attached hydrogens (tertiary/aromatic N) is 6. The second-order valence-corrected chi connectivity index (χ2v) is 10.8. The number of imidazole rings is 1. The van der Waals surface area contributed by atoms with Gasteiger partial charge in [0.15, 0.2) is 5.69 Å². The van der Waals surface area contributed by atoms with Crippen LogP contribution in [0.25, 0.3) is 17.1 Å². The van der Waals surface area contributed by atoms with Gasteiger partial charge in [-0.2, -0.15) is 0 Å². The lowest BCUT2D eigenvalue weighted by Crippen LogP contribution is -2.51. The van der Waals surface area contributed by atoms with E-state index in [1.807, 2.05) is 79.2 Å². The summed E-state index contributed by atoms with van der Waals surface area (Å²) in [5.74, 6) is 0.433. The van der Waals surface area contributed by atoms with Crippen molar-refractivity contribution in [2.75, 3.05) is 26.2 Å². The Balaban J connectivity index is 1.38. The molecule has 1 aliphatic heterocycles. The molecule has 2 N–H and O–H groups in total. The van der Waals surface area contributed by atoms with E-state index in [-0.39, 0.29) is 30.6 Å². The van der Waals surface area contributed by atoms with Gasteiger partial charge in [-0.25, -0.2) is 9.67 Å². The van der Waals surface area contributed by atoms with Crippen LogP contribution in [0.3, 0.4) is 0 Å². The first kappa shape index (κ1) is 29.5. The van der Waals surface area contributed by atoms with E-state index in [1.165, 1.54) is 9.58 Å². The third kappa shape index (κ3) is 7.64. The fourth-order valence-corrected chi connectivity index (χ4v) is 4.94. The molecule has 5 rings (SSSR count). The second kappa shape index (κ2) is 13.8. The van der Waals surface area contributed by atoms with Crippen molar-refractivity contribution in [3.05, 3.63) is 78.9 Å². The van der Waals surface area contributed by atoms with Gasteiger partial charge in [-0.1, -0.05) is 49.4 Å². The van der Waals surface area contributed by atoms with Gasteiger partial charge in [0.25, 0.3) is 5.91 Å². The van der Waals surface area contributed by atoms with Crippen molar-refractivity contribution in [2.45, 2.75) is 39.3 Å². The number of benzene rings is 2. The molecule has 2 bridgehead atoms. The van der Waals surface area contributed by atoms with E-state index in [4.69, 9.17) is 4.74 Å². The Kier molecular flexibility index (Phi) is 9.45. The molecule has 3 heterocycles. The maximum absolute atomic E-state index is 13.6. The number of aromatic nitrogens is 5. The van der Waals surface area contributed by atoms with Crippen LogP contribution >= 0.6 is 0 Å². The predicted molar refractivity (Wildman–Crippen MR) is 159 cm³/mol. The fourth-order valence-electron chi connectivity index (χ4n) is 4.94. The molecule has 1 aliphatic rings. The van der Waals surface area contributed by atoms with E-state index in [9.17, 15) is 14.4 Å². The number of ether oxygens (including phenoxy) is 1. The number of para-hydroxylation sites is 1. The molecule has 0 unspecified atom stereocenters. The zero-order valence-electron chi connectivity index (χ0n) is 24.3. The lowest BCUT2D eigenvalue weighted by atomic mass is 10.0. The third-order valence-electron chi connectivity index (χ3n) is 7.01. The highest BCUT2D eigenvalue weighted by Crippen LogP contribution is 2.23.